The van der Waals surface area contributed by atoms with E-state index in [2.05, 4.69) is 26.8 Å². The fourth-order valence-corrected chi connectivity index (χ4v) is 4.13. The van der Waals surface area contributed by atoms with E-state index < -0.39 is 0 Å². The van der Waals surface area contributed by atoms with Crippen molar-refractivity contribution in [1.82, 2.24) is 0 Å². The molecule has 0 saturated carbocycles. The second-order valence-electron chi connectivity index (χ2n) is 6.33. The summed E-state index contributed by atoms with van der Waals surface area (Å²) in [7, 11) is 1.67. The molecule has 23 heavy (non-hydrogen) atoms. The molecule has 0 saturated heterocycles. The van der Waals surface area contributed by atoms with Gasteiger partial charge in [-0.1, -0.05) is 19.4 Å². The third-order valence-corrected chi connectivity index (χ3v) is 5.05. The lowest BCUT2D eigenvalue weighted by Gasteiger charge is -2.34. The molecule has 1 aliphatic heterocycles. The van der Waals surface area contributed by atoms with E-state index in [0.717, 1.165) is 44.0 Å². The number of allylic oxidation sites excluding steroid dienone is 1. The van der Waals surface area contributed by atoms with Crippen molar-refractivity contribution in [2.45, 2.75) is 50.2 Å². The molecule has 0 spiro atoms. The lowest BCUT2D eigenvalue weighted by Crippen LogP contribution is -2.26. The third kappa shape index (κ3) is 6.11. The number of hydrogen-bond donors (Lipinski definition) is 0. The quantitative estimate of drug-likeness (QED) is 0.490. The molecule has 0 radical (unpaired) electrons. The fourth-order valence-electron chi connectivity index (χ4n) is 2.77. The summed E-state index contributed by atoms with van der Waals surface area (Å²) in [6, 6.07) is 7.74. The zero-order chi connectivity index (χ0) is 16.7. The summed E-state index contributed by atoms with van der Waals surface area (Å²) in [4.78, 5) is 0. The van der Waals surface area contributed by atoms with Crippen molar-refractivity contribution in [3.8, 4) is 11.5 Å². The molecule has 128 valence electrons. The third-order valence-electron chi connectivity index (χ3n) is 3.76. The first-order chi connectivity index (χ1) is 11.0. The van der Waals surface area contributed by atoms with Crippen LogP contribution in [-0.2, 0) is 4.74 Å². The van der Waals surface area contributed by atoms with Crippen molar-refractivity contribution in [3.05, 3.63) is 35.9 Å². The van der Waals surface area contributed by atoms with E-state index in [1.165, 1.54) is 5.57 Å². The minimum absolute atomic E-state index is 0.196. The van der Waals surface area contributed by atoms with Crippen LogP contribution in [0.25, 0.3) is 0 Å². The van der Waals surface area contributed by atoms with Crippen LogP contribution < -0.4 is 9.47 Å². The highest BCUT2D eigenvalue weighted by Crippen LogP contribution is 2.41. The van der Waals surface area contributed by atoms with E-state index in [1.54, 1.807) is 7.11 Å². The maximum absolute atomic E-state index is 5.80. The monoisotopic (exact) mass is 336 g/mol. The average molecular weight is 336 g/mol. The van der Waals surface area contributed by atoms with Gasteiger partial charge in [-0.15, -0.1) is 11.8 Å². The number of hydrogen-bond acceptors (Lipinski definition) is 4. The number of rotatable bonds is 8. The van der Waals surface area contributed by atoms with Crippen LogP contribution >= 0.6 is 11.8 Å². The molecule has 0 aromatic heterocycles. The van der Waals surface area contributed by atoms with Gasteiger partial charge in [0.1, 0.15) is 16.9 Å². The van der Waals surface area contributed by atoms with Gasteiger partial charge >= 0.3 is 0 Å². The maximum Gasteiger partial charge on any atom is 0.122 e. The van der Waals surface area contributed by atoms with Gasteiger partial charge in [-0.2, -0.15) is 0 Å². The summed E-state index contributed by atoms with van der Waals surface area (Å²) in [5, 5.41) is 0. The van der Waals surface area contributed by atoms with Crippen LogP contribution in [0.15, 0.2) is 35.9 Å². The number of ether oxygens (including phenoxy) is 3. The number of methoxy groups -OCH3 is 1. The van der Waals surface area contributed by atoms with Crippen molar-refractivity contribution in [2.75, 3.05) is 20.3 Å². The number of benzene rings is 1. The predicted octanol–water partition coefficient (Wildman–Crippen LogP) is 5.06. The molecular weight excluding hydrogens is 308 g/mol. The van der Waals surface area contributed by atoms with E-state index in [4.69, 9.17) is 14.2 Å². The standard InChI is InChI=1S/C19H28O3S/c1-5-21-18-13-15(14-19(2,3)23-18)7-6-12-22-17-10-8-16(20-4)9-11-17/h8-11,13,18H,5-7,12,14H2,1-4H3. The molecule has 1 aromatic rings. The molecule has 1 aliphatic rings. The second-order valence-corrected chi connectivity index (χ2v) is 8.14. The largest absolute Gasteiger partial charge is 0.497 e. The molecule has 1 unspecified atom stereocenters. The van der Waals surface area contributed by atoms with Crippen LogP contribution in [0, 0.1) is 0 Å². The second kappa shape index (κ2) is 8.65. The highest BCUT2D eigenvalue weighted by molar-refractivity contribution is 8.01. The first-order valence-corrected chi connectivity index (χ1v) is 9.16. The Labute approximate surface area is 144 Å². The molecule has 1 aromatic carbocycles. The highest BCUT2D eigenvalue weighted by atomic mass is 32.2. The van der Waals surface area contributed by atoms with Crippen LogP contribution in [0.1, 0.15) is 40.0 Å². The van der Waals surface area contributed by atoms with Crippen LogP contribution in [0.2, 0.25) is 0 Å². The van der Waals surface area contributed by atoms with Gasteiger partial charge < -0.3 is 14.2 Å². The summed E-state index contributed by atoms with van der Waals surface area (Å²) in [5.41, 5.74) is 1.69. The molecule has 4 heteroatoms. The molecule has 0 fully saturated rings. The van der Waals surface area contributed by atoms with Crippen molar-refractivity contribution < 1.29 is 14.2 Å². The average Bonchev–Trinajstić information content (AvgIpc) is 2.51. The Kier molecular flexibility index (Phi) is 6.85. The topological polar surface area (TPSA) is 27.7 Å². The van der Waals surface area contributed by atoms with E-state index in [1.807, 2.05) is 36.0 Å². The normalized spacial score (nSPS) is 20.0. The Morgan fingerprint density at radius 2 is 1.87 bits per heavy atom. The summed E-state index contributed by atoms with van der Waals surface area (Å²) in [6.45, 7) is 8.14. The Morgan fingerprint density at radius 1 is 1.17 bits per heavy atom. The lowest BCUT2D eigenvalue weighted by atomic mass is 9.97. The smallest absolute Gasteiger partial charge is 0.122 e. The van der Waals surface area contributed by atoms with E-state index in [-0.39, 0.29) is 10.2 Å². The van der Waals surface area contributed by atoms with Crippen LogP contribution in [-0.4, -0.2) is 30.5 Å². The first-order valence-electron chi connectivity index (χ1n) is 8.28. The highest BCUT2D eigenvalue weighted by Gasteiger charge is 2.29. The molecule has 1 atom stereocenters. The minimum atomic E-state index is 0.196. The van der Waals surface area contributed by atoms with E-state index in [0.29, 0.717) is 0 Å². The zero-order valence-corrected chi connectivity index (χ0v) is 15.4. The summed E-state index contributed by atoms with van der Waals surface area (Å²) < 4.78 is 17.0. The zero-order valence-electron chi connectivity index (χ0n) is 14.6. The molecule has 1 heterocycles. The Hall–Kier alpha value is -1.13. The van der Waals surface area contributed by atoms with Gasteiger partial charge in [0.15, 0.2) is 0 Å². The van der Waals surface area contributed by atoms with Crippen molar-refractivity contribution in [1.29, 1.82) is 0 Å². The first kappa shape index (κ1) is 18.2. The van der Waals surface area contributed by atoms with Gasteiger partial charge in [-0.05, 0) is 56.5 Å². The minimum Gasteiger partial charge on any atom is -0.497 e. The van der Waals surface area contributed by atoms with Gasteiger partial charge in [0.2, 0.25) is 0 Å². The van der Waals surface area contributed by atoms with Crippen LogP contribution in [0.4, 0.5) is 0 Å². The fraction of sp³-hybridized carbons (Fsp3) is 0.579. The predicted molar refractivity (Wildman–Crippen MR) is 97.5 cm³/mol. The summed E-state index contributed by atoms with van der Waals surface area (Å²) >= 11 is 1.91. The molecule has 0 bridgehead atoms. The van der Waals surface area contributed by atoms with Gasteiger partial charge in [0.25, 0.3) is 0 Å². The lowest BCUT2D eigenvalue weighted by molar-refractivity contribution is 0.151. The SMILES string of the molecule is CCOC1C=C(CCCOc2ccc(OC)cc2)CC(C)(C)S1. The molecule has 0 aliphatic carbocycles. The van der Waals surface area contributed by atoms with Gasteiger partial charge in [0, 0.05) is 11.4 Å². The molecule has 0 N–H and O–H groups in total. The molecular formula is C19H28O3S. The Bertz CT molecular complexity index is 508. The van der Waals surface area contributed by atoms with Crippen LogP contribution in [0.5, 0.6) is 11.5 Å². The van der Waals surface area contributed by atoms with Crippen molar-refractivity contribution >= 4 is 11.8 Å². The summed E-state index contributed by atoms with van der Waals surface area (Å²) in [6.07, 6.45) is 5.53. The van der Waals surface area contributed by atoms with E-state index in [9.17, 15) is 0 Å². The van der Waals surface area contributed by atoms with Gasteiger partial charge in [-0.25, -0.2) is 0 Å². The van der Waals surface area contributed by atoms with Gasteiger partial charge in [0.05, 0.1) is 13.7 Å². The number of thioether (sulfide) groups is 1. The van der Waals surface area contributed by atoms with Crippen LogP contribution in [0.3, 0.4) is 0 Å². The maximum atomic E-state index is 5.80. The molecule has 2 rings (SSSR count). The molecule has 3 nitrogen and oxygen atoms in total. The summed E-state index contributed by atoms with van der Waals surface area (Å²) in [5.74, 6) is 1.75. The Morgan fingerprint density at radius 3 is 2.52 bits per heavy atom. The van der Waals surface area contributed by atoms with Crippen molar-refractivity contribution in [3.63, 3.8) is 0 Å². The van der Waals surface area contributed by atoms with E-state index >= 15 is 0 Å². The Balaban J connectivity index is 1.78. The van der Waals surface area contributed by atoms with Crippen molar-refractivity contribution in [2.24, 2.45) is 0 Å². The molecule has 0 amide bonds. The van der Waals surface area contributed by atoms with Gasteiger partial charge in [-0.3, -0.25) is 0 Å².